The summed E-state index contributed by atoms with van der Waals surface area (Å²) in [5.74, 6) is 0.817. The smallest absolute Gasteiger partial charge is 0.151 e. The lowest BCUT2D eigenvalue weighted by Gasteiger charge is -2.21. The molecule has 0 amide bonds. The van der Waals surface area contributed by atoms with Crippen LogP contribution < -0.4 is 4.90 Å². The molecule has 15 heavy (non-hydrogen) atoms. The topological polar surface area (TPSA) is 49.2 Å². The van der Waals surface area contributed by atoms with Crippen LogP contribution in [0.5, 0.6) is 0 Å². The van der Waals surface area contributed by atoms with Crippen molar-refractivity contribution >= 4 is 5.82 Å². The molecular weight excluding hydrogens is 190 g/mol. The van der Waals surface area contributed by atoms with Crippen LogP contribution in [0, 0.1) is 0 Å². The molecule has 0 atom stereocenters. The highest BCUT2D eigenvalue weighted by molar-refractivity contribution is 5.38. The van der Waals surface area contributed by atoms with Gasteiger partial charge in [0.15, 0.2) is 5.82 Å². The molecule has 1 aromatic heterocycles. The maximum Gasteiger partial charge on any atom is 0.151 e. The van der Waals surface area contributed by atoms with E-state index in [9.17, 15) is 0 Å². The second-order valence-corrected chi connectivity index (χ2v) is 3.51. The molecule has 0 saturated heterocycles. The van der Waals surface area contributed by atoms with E-state index in [0.29, 0.717) is 5.69 Å². The second-order valence-electron chi connectivity index (χ2n) is 3.51. The fourth-order valence-corrected chi connectivity index (χ4v) is 1.29. The molecule has 0 fully saturated rings. The fourth-order valence-electron chi connectivity index (χ4n) is 1.29. The maximum absolute atomic E-state index is 8.84. The van der Waals surface area contributed by atoms with Crippen LogP contribution in [0.25, 0.3) is 0 Å². The minimum atomic E-state index is -0.0696. The van der Waals surface area contributed by atoms with Crippen molar-refractivity contribution in [2.45, 2.75) is 20.5 Å². The molecule has 0 unspecified atom stereocenters. The molecule has 1 heterocycles. The van der Waals surface area contributed by atoms with Gasteiger partial charge in [-0.15, -0.1) is 5.10 Å². The van der Waals surface area contributed by atoms with Gasteiger partial charge < -0.3 is 10.0 Å². The van der Waals surface area contributed by atoms with Crippen LogP contribution in [0.3, 0.4) is 0 Å². The summed E-state index contributed by atoms with van der Waals surface area (Å²) in [5, 5.41) is 16.8. The Morgan fingerprint density at radius 2 is 2.20 bits per heavy atom. The Balaban J connectivity index is 2.78. The lowest BCUT2D eigenvalue weighted by atomic mass is 10.3. The Bertz CT molecular complexity index is 321. The number of nitrogens with zero attached hydrogens (tertiary/aromatic N) is 3. The van der Waals surface area contributed by atoms with Gasteiger partial charge in [0.2, 0.25) is 0 Å². The molecule has 0 bridgehead atoms. The third-order valence-corrected chi connectivity index (χ3v) is 2.03. The van der Waals surface area contributed by atoms with Gasteiger partial charge in [0.25, 0.3) is 0 Å². The lowest BCUT2D eigenvalue weighted by molar-refractivity contribution is 0.275. The van der Waals surface area contributed by atoms with E-state index < -0.39 is 0 Å². The summed E-state index contributed by atoms with van der Waals surface area (Å²) >= 11 is 0. The molecule has 1 rings (SSSR count). The van der Waals surface area contributed by atoms with Crippen LogP contribution in [-0.4, -0.2) is 28.4 Å². The van der Waals surface area contributed by atoms with E-state index in [0.717, 1.165) is 24.5 Å². The third-order valence-electron chi connectivity index (χ3n) is 2.03. The van der Waals surface area contributed by atoms with Gasteiger partial charge in [0, 0.05) is 13.1 Å². The summed E-state index contributed by atoms with van der Waals surface area (Å²) < 4.78 is 0. The highest BCUT2D eigenvalue weighted by Crippen LogP contribution is 2.10. The van der Waals surface area contributed by atoms with Gasteiger partial charge in [0.05, 0.1) is 12.3 Å². The molecule has 0 saturated carbocycles. The molecule has 0 spiro atoms. The van der Waals surface area contributed by atoms with Gasteiger partial charge in [-0.3, -0.25) is 0 Å². The minimum Gasteiger partial charge on any atom is -0.390 e. The predicted molar refractivity (Wildman–Crippen MR) is 60.7 cm³/mol. The summed E-state index contributed by atoms with van der Waals surface area (Å²) in [5.41, 5.74) is 1.68. The van der Waals surface area contributed by atoms with Gasteiger partial charge in [-0.05, 0) is 26.0 Å². The molecular formula is C11H17N3O. The van der Waals surface area contributed by atoms with Gasteiger partial charge in [-0.25, -0.2) is 0 Å². The molecule has 0 aliphatic carbocycles. The zero-order chi connectivity index (χ0) is 11.3. The summed E-state index contributed by atoms with van der Waals surface area (Å²) in [6, 6.07) is 3.65. The van der Waals surface area contributed by atoms with Crippen molar-refractivity contribution in [1.82, 2.24) is 10.2 Å². The van der Waals surface area contributed by atoms with Gasteiger partial charge in [0.1, 0.15) is 0 Å². The van der Waals surface area contributed by atoms with E-state index in [4.69, 9.17) is 5.11 Å². The first-order chi connectivity index (χ1) is 7.17. The Labute approximate surface area is 90.3 Å². The van der Waals surface area contributed by atoms with Crippen LogP contribution in [0.4, 0.5) is 5.82 Å². The Morgan fingerprint density at radius 1 is 1.47 bits per heavy atom. The van der Waals surface area contributed by atoms with E-state index in [1.165, 1.54) is 0 Å². The van der Waals surface area contributed by atoms with Crippen molar-refractivity contribution in [3.63, 3.8) is 0 Å². The minimum absolute atomic E-state index is 0.0696. The van der Waals surface area contributed by atoms with Gasteiger partial charge in [-0.2, -0.15) is 5.10 Å². The van der Waals surface area contributed by atoms with Crippen molar-refractivity contribution in [3.05, 3.63) is 30.0 Å². The molecule has 4 nitrogen and oxygen atoms in total. The van der Waals surface area contributed by atoms with Crippen LogP contribution in [0.15, 0.2) is 24.3 Å². The zero-order valence-electron chi connectivity index (χ0n) is 9.27. The molecule has 82 valence electrons. The monoisotopic (exact) mass is 207 g/mol. The van der Waals surface area contributed by atoms with Gasteiger partial charge in [-0.1, -0.05) is 12.2 Å². The maximum atomic E-state index is 8.84. The quantitative estimate of drug-likeness (QED) is 0.741. The van der Waals surface area contributed by atoms with Crippen LogP contribution >= 0.6 is 0 Å². The highest BCUT2D eigenvalue weighted by Gasteiger charge is 2.06. The normalized spacial score (nSPS) is 10.1. The number of hydrogen-bond acceptors (Lipinski definition) is 4. The van der Waals surface area contributed by atoms with Crippen LogP contribution in [0.1, 0.15) is 19.5 Å². The molecule has 4 heteroatoms. The molecule has 0 radical (unpaired) electrons. The summed E-state index contributed by atoms with van der Waals surface area (Å²) in [6.45, 7) is 9.49. The van der Waals surface area contributed by atoms with Crippen LogP contribution in [-0.2, 0) is 6.61 Å². The van der Waals surface area contributed by atoms with E-state index in [2.05, 4.69) is 28.6 Å². The molecule has 0 aliphatic heterocycles. The first-order valence-corrected chi connectivity index (χ1v) is 5.00. The van der Waals surface area contributed by atoms with Crippen molar-refractivity contribution < 1.29 is 5.11 Å². The summed E-state index contributed by atoms with van der Waals surface area (Å²) in [7, 11) is 0. The Morgan fingerprint density at radius 3 is 2.60 bits per heavy atom. The Kier molecular flexibility index (Phi) is 4.24. The number of rotatable bonds is 5. The number of aromatic nitrogens is 2. The lowest BCUT2D eigenvalue weighted by Crippen LogP contribution is -2.25. The summed E-state index contributed by atoms with van der Waals surface area (Å²) in [4.78, 5) is 2.08. The zero-order valence-corrected chi connectivity index (χ0v) is 9.27. The number of hydrogen-bond donors (Lipinski definition) is 1. The first kappa shape index (κ1) is 11.7. The Hall–Kier alpha value is -1.42. The van der Waals surface area contributed by atoms with E-state index >= 15 is 0 Å². The first-order valence-electron chi connectivity index (χ1n) is 5.00. The van der Waals surface area contributed by atoms with Gasteiger partial charge >= 0.3 is 0 Å². The number of aliphatic hydroxyl groups excluding tert-OH is 1. The standard InChI is InChI=1S/C11H17N3O/c1-4-14(7-9(2)3)11-6-5-10(8-15)12-13-11/h5-6,15H,2,4,7-8H2,1,3H3. The van der Waals surface area contributed by atoms with Crippen molar-refractivity contribution in [2.75, 3.05) is 18.0 Å². The highest BCUT2D eigenvalue weighted by atomic mass is 16.3. The SMILES string of the molecule is C=C(C)CN(CC)c1ccc(CO)nn1. The van der Waals surface area contributed by atoms with E-state index in [1.54, 1.807) is 6.07 Å². The predicted octanol–water partition coefficient (Wildman–Crippen LogP) is 1.37. The van der Waals surface area contributed by atoms with Crippen LogP contribution in [0.2, 0.25) is 0 Å². The summed E-state index contributed by atoms with van der Waals surface area (Å²) in [6.07, 6.45) is 0. The average Bonchev–Trinajstić information content (AvgIpc) is 2.26. The van der Waals surface area contributed by atoms with Crippen molar-refractivity contribution in [2.24, 2.45) is 0 Å². The van der Waals surface area contributed by atoms with E-state index in [-0.39, 0.29) is 6.61 Å². The molecule has 0 aliphatic rings. The van der Waals surface area contributed by atoms with E-state index in [1.807, 2.05) is 13.0 Å². The molecule has 1 aromatic rings. The van der Waals surface area contributed by atoms with Crippen molar-refractivity contribution in [3.8, 4) is 0 Å². The molecule has 0 aromatic carbocycles. The second kappa shape index (κ2) is 5.46. The largest absolute Gasteiger partial charge is 0.390 e. The number of likely N-dealkylation sites (N-methyl/N-ethyl adjacent to an activating group) is 1. The molecule has 1 N–H and O–H groups in total. The third kappa shape index (κ3) is 3.32. The fraction of sp³-hybridized carbons (Fsp3) is 0.455. The number of aliphatic hydroxyl groups is 1. The average molecular weight is 207 g/mol. The number of anilines is 1. The van der Waals surface area contributed by atoms with Crippen molar-refractivity contribution in [1.29, 1.82) is 0 Å².